The fraction of sp³-hybridized carbons (Fsp3) is 0.419. The topological polar surface area (TPSA) is 93.2 Å². The van der Waals surface area contributed by atoms with Crippen LogP contribution in [0.1, 0.15) is 59.2 Å². The number of ether oxygens (including phenoxy) is 3. The van der Waals surface area contributed by atoms with E-state index in [4.69, 9.17) is 14.2 Å². The van der Waals surface area contributed by atoms with Crippen molar-refractivity contribution in [2.24, 2.45) is 5.92 Å². The van der Waals surface area contributed by atoms with Crippen LogP contribution in [-0.4, -0.2) is 59.8 Å². The highest BCUT2D eigenvalue weighted by Gasteiger charge is 2.40. The van der Waals surface area contributed by atoms with Gasteiger partial charge in [0.2, 0.25) is 0 Å². The lowest BCUT2D eigenvalue weighted by molar-refractivity contribution is -0.276. The molecule has 0 spiro atoms. The van der Waals surface area contributed by atoms with Gasteiger partial charge in [0.05, 0.1) is 31.0 Å². The molecule has 1 amide bonds. The van der Waals surface area contributed by atoms with Crippen LogP contribution in [0.4, 0.5) is 5.69 Å². The van der Waals surface area contributed by atoms with Crippen molar-refractivity contribution < 1.29 is 24.1 Å². The normalized spacial score (nSPS) is 25.5. The molecule has 0 bridgehead atoms. The first-order valence-electron chi connectivity index (χ1n) is 13.6. The maximum Gasteiger partial charge on any atom is 0.257 e. The maximum absolute atomic E-state index is 12.5. The Bertz CT molecular complexity index is 1210. The lowest BCUT2D eigenvalue weighted by Gasteiger charge is -2.43. The van der Waals surface area contributed by atoms with Crippen LogP contribution in [-0.2, 0) is 20.8 Å². The standard InChI is InChI=1S/C31H37N3O5/c1-21-28(18-34-16-4-6-27(34)20-37-2)38-31(39-29(21)23-9-7-22(19-35)8-10-23)24-11-13-26(14-12-24)33-30(36)25-5-3-15-32-17-25/h3,5,7-15,17,21,27-29,31,35H,4,6,16,18-20H2,1-2H3,(H,33,36)/t21-,27-,28+,29+,31+/m0/s1. The minimum atomic E-state index is -0.555. The molecule has 2 saturated heterocycles. The van der Waals surface area contributed by atoms with Gasteiger partial charge < -0.3 is 24.6 Å². The number of rotatable bonds is 9. The molecule has 8 heteroatoms. The van der Waals surface area contributed by atoms with Crippen molar-refractivity contribution in [1.82, 2.24) is 9.88 Å². The average molecular weight is 532 g/mol. The van der Waals surface area contributed by atoms with Gasteiger partial charge in [0.1, 0.15) is 0 Å². The molecule has 39 heavy (non-hydrogen) atoms. The molecule has 5 rings (SSSR count). The second kappa shape index (κ2) is 12.8. The zero-order valence-corrected chi connectivity index (χ0v) is 22.5. The van der Waals surface area contributed by atoms with Crippen LogP contribution in [0.25, 0.3) is 0 Å². The highest BCUT2D eigenvalue weighted by molar-refractivity contribution is 6.03. The first-order valence-corrected chi connectivity index (χ1v) is 13.6. The van der Waals surface area contributed by atoms with E-state index in [9.17, 15) is 9.90 Å². The predicted molar refractivity (Wildman–Crippen MR) is 148 cm³/mol. The van der Waals surface area contributed by atoms with Crippen LogP contribution < -0.4 is 5.32 Å². The Hall–Kier alpha value is -3.14. The molecule has 2 aromatic carbocycles. The first-order chi connectivity index (χ1) is 19.1. The SMILES string of the molecule is COC[C@@H]1CCCN1C[C@H]1O[C@@H](c2ccc(NC(=O)c3cccnc3)cc2)O[C@@H](c2ccc(CO)cc2)[C@H]1C. The van der Waals surface area contributed by atoms with Crippen molar-refractivity contribution in [2.45, 2.75) is 50.9 Å². The molecular formula is C31H37N3O5. The number of hydrogen-bond acceptors (Lipinski definition) is 7. The molecule has 5 atom stereocenters. The van der Waals surface area contributed by atoms with Crippen molar-refractivity contribution >= 4 is 11.6 Å². The molecule has 206 valence electrons. The summed E-state index contributed by atoms with van der Waals surface area (Å²) in [5, 5.41) is 12.4. The smallest absolute Gasteiger partial charge is 0.257 e. The number of carbonyl (C=O) groups is 1. The quantitative estimate of drug-likeness (QED) is 0.412. The van der Waals surface area contributed by atoms with Gasteiger partial charge in [-0.15, -0.1) is 0 Å². The Balaban J connectivity index is 1.35. The van der Waals surface area contributed by atoms with Gasteiger partial charge in [-0.2, -0.15) is 0 Å². The van der Waals surface area contributed by atoms with Gasteiger partial charge in [-0.05, 0) is 54.8 Å². The predicted octanol–water partition coefficient (Wildman–Crippen LogP) is 4.73. The summed E-state index contributed by atoms with van der Waals surface area (Å²) in [6, 6.07) is 19.4. The fourth-order valence-corrected chi connectivity index (χ4v) is 5.50. The Kier molecular flexibility index (Phi) is 9.01. The monoisotopic (exact) mass is 531 g/mol. The van der Waals surface area contributed by atoms with Gasteiger partial charge in [-0.1, -0.05) is 43.3 Å². The van der Waals surface area contributed by atoms with E-state index >= 15 is 0 Å². The lowest BCUT2D eigenvalue weighted by atomic mass is 9.90. The zero-order chi connectivity index (χ0) is 27.2. The van der Waals surface area contributed by atoms with E-state index in [0.29, 0.717) is 17.3 Å². The summed E-state index contributed by atoms with van der Waals surface area (Å²) in [4.78, 5) is 19.0. The van der Waals surface area contributed by atoms with Crippen LogP contribution in [0.15, 0.2) is 73.1 Å². The Morgan fingerprint density at radius 2 is 1.87 bits per heavy atom. The Morgan fingerprint density at radius 3 is 2.56 bits per heavy atom. The number of aliphatic hydroxyl groups excluding tert-OH is 1. The number of carbonyl (C=O) groups excluding carboxylic acids is 1. The molecule has 0 radical (unpaired) electrons. The van der Waals surface area contributed by atoms with Crippen molar-refractivity contribution in [1.29, 1.82) is 0 Å². The zero-order valence-electron chi connectivity index (χ0n) is 22.5. The first kappa shape index (κ1) is 27.4. The van der Waals surface area contributed by atoms with Crippen LogP contribution >= 0.6 is 0 Å². The third kappa shape index (κ3) is 6.54. The molecule has 2 fully saturated rings. The number of nitrogens with one attached hydrogen (secondary N) is 1. The van der Waals surface area contributed by atoms with E-state index in [2.05, 4.69) is 22.1 Å². The summed E-state index contributed by atoms with van der Waals surface area (Å²) in [6.07, 6.45) is 4.70. The number of benzene rings is 2. The highest BCUT2D eigenvalue weighted by Crippen LogP contribution is 2.42. The van der Waals surface area contributed by atoms with Crippen molar-refractivity contribution in [2.75, 3.05) is 32.1 Å². The lowest BCUT2D eigenvalue weighted by Crippen LogP contribution is -2.46. The number of likely N-dealkylation sites (tertiary alicyclic amines) is 1. The summed E-state index contributed by atoms with van der Waals surface area (Å²) in [6.45, 7) is 4.76. The molecule has 2 N–H and O–H groups in total. The van der Waals surface area contributed by atoms with E-state index in [1.807, 2.05) is 48.5 Å². The number of aliphatic hydroxyl groups is 1. The van der Waals surface area contributed by atoms with Gasteiger partial charge >= 0.3 is 0 Å². The van der Waals surface area contributed by atoms with Gasteiger partial charge in [0, 0.05) is 49.3 Å². The largest absolute Gasteiger partial charge is 0.392 e. The molecule has 3 heterocycles. The van der Waals surface area contributed by atoms with Crippen molar-refractivity contribution in [3.05, 3.63) is 95.3 Å². The van der Waals surface area contributed by atoms with Crippen molar-refractivity contribution in [3.8, 4) is 0 Å². The van der Waals surface area contributed by atoms with E-state index in [0.717, 1.165) is 49.2 Å². The summed E-state index contributed by atoms with van der Waals surface area (Å²) in [7, 11) is 1.76. The van der Waals surface area contributed by atoms with E-state index in [1.54, 1.807) is 31.6 Å². The van der Waals surface area contributed by atoms with Gasteiger partial charge in [-0.3, -0.25) is 14.7 Å². The third-order valence-electron chi connectivity index (χ3n) is 7.76. The fourth-order valence-electron chi connectivity index (χ4n) is 5.50. The third-order valence-corrected chi connectivity index (χ3v) is 7.76. The molecule has 1 aromatic heterocycles. The maximum atomic E-state index is 12.5. The number of hydrogen-bond donors (Lipinski definition) is 2. The van der Waals surface area contributed by atoms with Gasteiger partial charge in [0.15, 0.2) is 6.29 Å². The van der Waals surface area contributed by atoms with Crippen LogP contribution in [0, 0.1) is 5.92 Å². The number of pyridine rings is 1. The Labute approximate surface area is 229 Å². The van der Waals surface area contributed by atoms with Gasteiger partial charge in [0.25, 0.3) is 5.91 Å². The molecule has 0 unspecified atom stereocenters. The molecule has 8 nitrogen and oxygen atoms in total. The van der Waals surface area contributed by atoms with Crippen LogP contribution in [0.3, 0.4) is 0 Å². The molecule has 3 aromatic rings. The molecule has 0 aliphatic carbocycles. The molecular weight excluding hydrogens is 494 g/mol. The summed E-state index contributed by atoms with van der Waals surface area (Å²) >= 11 is 0. The van der Waals surface area contributed by atoms with Crippen LogP contribution in [0.2, 0.25) is 0 Å². The highest BCUT2D eigenvalue weighted by atomic mass is 16.7. The van der Waals surface area contributed by atoms with E-state index in [1.165, 1.54) is 0 Å². The number of anilines is 1. The van der Waals surface area contributed by atoms with E-state index < -0.39 is 6.29 Å². The second-order valence-corrected chi connectivity index (χ2v) is 10.4. The Morgan fingerprint density at radius 1 is 1.10 bits per heavy atom. The minimum Gasteiger partial charge on any atom is -0.392 e. The summed E-state index contributed by atoms with van der Waals surface area (Å²) in [5.74, 6) is -0.0967. The number of nitrogens with zero attached hydrogens (tertiary/aromatic N) is 2. The molecule has 0 saturated carbocycles. The van der Waals surface area contributed by atoms with Crippen LogP contribution in [0.5, 0.6) is 0 Å². The molecule has 2 aliphatic heterocycles. The number of amides is 1. The summed E-state index contributed by atoms with van der Waals surface area (Å²) < 4.78 is 18.7. The average Bonchev–Trinajstić information content (AvgIpc) is 3.41. The minimum absolute atomic E-state index is 0.00916. The van der Waals surface area contributed by atoms with Crippen molar-refractivity contribution in [3.63, 3.8) is 0 Å². The van der Waals surface area contributed by atoms with Gasteiger partial charge in [-0.25, -0.2) is 0 Å². The number of methoxy groups -OCH3 is 1. The molecule has 2 aliphatic rings. The summed E-state index contributed by atoms with van der Waals surface area (Å²) in [5.41, 5.74) is 4.01. The number of aromatic nitrogens is 1. The second-order valence-electron chi connectivity index (χ2n) is 10.4. The van der Waals surface area contributed by atoms with E-state index in [-0.39, 0.29) is 30.6 Å².